The van der Waals surface area contributed by atoms with Gasteiger partial charge in [0.05, 0.1) is 0 Å². The van der Waals surface area contributed by atoms with Crippen LogP contribution in [0.25, 0.3) is 0 Å². The fraction of sp³-hybridized carbons (Fsp3) is 1.00. The minimum atomic E-state index is -0.0733. The third kappa shape index (κ3) is 5.34. The summed E-state index contributed by atoms with van der Waals surface area (Å²) in [4.78, 5) is 4.89. The first kappa shape index (κ1) is 14.9. The standard InChI is InChI=1S/C13H28N2O2/c1-5-16-13(17-6-2)11-15-9-7-8-14(4)10-12(15)3/h12-13H,5-11H2,1-4H3. The zero-order chi connectivity index (χ0) is 12.7. The van der Waals surface area contributed by atoms with E-state index in [4.69, 9.17) is 9.47 Å². The third-order valence-electron chi connectivity index (χ3n) is 3.27. The van der Waals surface area contributed by atoms with Gasteiger partial charge in [0.1, 0.15) is 0 Å². The first-order valence-electron chi connectivity index (χ1n) is 6.83. The van der Waals surface area contributed by atoms with Crippen LogP contribution in [0.4, 0.5) is 0 Å². The second-order valence-corrected chi connectivity index (χ2v) is 4.80. The van der Waals surface area contributed by atoms with Gasteiger partial charge in [0.25, 0.3) is 0 Å². The Kier molecular flexibility index (Phi) is 7.04. The van der Waals surface area contributed by atoms with Crippen LogP contribution < -0.4 is 0 Å². The molecule has 1 aliphatic heterocycles. The summed E-state index contributed by atoms with van der Waals surface area (Å²) in [7, 11) is 2.20. The molecule has 0 spiro atoms. The first-order valence-corrected chi connectivity index (χ1v) is 6.83. The SMILES string of the molecule is CCOC(CN1CCCN(C)CC1C)OCC. The average molecular weight is 244 g/mol. The highest BCUT2D eigenvalue weighted by Crippen LogP contribution is 2.10. The Hall–Kier alpha value is -0.160. The summed E-state index contributed by atoms with van der Waals surface area (Å²) in [5, 5.41) is 0. The normalized spacial score (nSPS) is 24.2. The highest BCUT2D eigenvalue weighted by molar-refractivity contribution is 4.76. The fourth-order valence-corrected chi connectivity index (χ4v) is 2.41. The third-order valence-corrected chi connectivity index (χ3v) is 3.27. The minimum absolute atomic E-state index is 0.0733. The molecule has 0 aromatic rings. The predicted molar refractivity (Wildman–Crippen MR) is 70.2 cm³/mol. The minimum Gasteiger partial charge on any atom is -0.352 e. The molecule has 102 valence electrons. The molecule has 1 unspecified atom stereocenters. The van der Waals surface area contributed by atoms with Crippen LogP contribution in [0.1, 0.15) is 27.2 Å². The van der Waals surface area contributed by atoms with Crippen molar-refractivity contribution in [2.24, 2.45) is 0 Å². The maximum absolute atomic E-state index is 5.62. The molecule has 0 radical (unpaired) electrons. The second kappa shape index (κ2) is 8.03. The molecule has 1 atom stereocenters. The largest absolute Gasteiger partial charge is 0.352 e. The van der Waals surface area contributed by atoms with Crippen molar-refractivity contribution in [1.82, 2.24) is 9.80 Å². The molecule has 0 aromatic heterocycles. The van der Waals surface area contributed by atoms with Crippen LogP contribution in [-0.2, 0) is 9.47 Å². The number of ether oxygens (including phenoxy) is 2. The van der Waals surface area contributed by atoms with Gasteiger partial charge in [-0.15, -0.1) is 0 Å². The number of hydrogen-bond donors (Lipinski definition) is 0. The van der Waals surface area contributed by atoms with Crippen LogP contribution >= 0.6 is 0 Å². The van der Waals surface area contributed by atoms with Crippen LogP contribution in [-0.4, -0.2) is 68.6 Å². The van der Waals surface area contributed by atoms with Gasteiger partial charge in [0, 0.05) is 32.3 Å². The number of nitrogens with zero attached hydrogens (tertiary/aromatic N) is 2. The Morgan fingerprint density at radius 2 is 1.82 bits per heavy atom. The summed E-state index contributed by atoms with van der Waals surface area (Å²) >= 11 is 0. The van der Waals surface area contributed by atoms with E-state index in [1.54, 1.807) is 0 Å². The maximum Gasteiger partial charge on any atom is 0.170 e. The van der Waals surface area contributed by atoms with E-state index in [1.807, 2.05) is 13.8 Å². The van der Waals surface area contributed by atoms with E-state index in [1.165, 1.54) is 13.0 Å². The molecule has 0 N–H and O–H groups in total. The Balaban J connectivity index is 2.45. The number of likely N-dealkylation sites (N-methyl/N-ethyl adjacent to an activating group) is 1. The Morgan fingerprint density at radius 3 is 2.41 bits per heavy atom. The van der Waals surface area contributed by atoms with E-state index in [0.717, 1.165) is 19.6 Å². The molecule has 0 bridgehead atoms. The van der Waals surface area contributed by atoms with Crippen molar-refractivity contribution in [3.8, 4) is 0 Å². The van der Waals surface area contributed by atoms with Gasteiger partial charge in [-0.25, -0.2) is 0 Å². The van der Waals surface area contributed by atoms with Gasteiger partial charge in [-0.2, -0.15) is 0 Å². The van der Waals surface area contributed by atoms with E-state index >= 15 is 0 Å². The van der Waals surface area contributed by atoms with Crippen molar-refractivity contribution in [2.75, 3.05) is 46.4 Å². The molecule has 17 heavy (non-hydrogen) atoms. The van der Waals surface area contributed by atoms with Gasteiger partial charge in [0.2, 0.25) is 0 Å². The van der Waals surface area contributed by atoms with E-state index in [0.29, 0.717) is 19.3 Å². The van der Waals surface area contributed by atoms with Crippen molar-refractivity contribution in [3.63, 3.8) is 0 Å². The molecule has 4 heteroatoms. The molecule has 1 fully saturated rings. The zero-order valence-corrected chi connectivity index (χ0v) is 11.8. The quantitative estimate of drug-likeness (QED) is 0.660. The van der Waals surface area contributed by atoms with Crippen LogP contribution in [0.2, 0.25) is 0 Å². The molecule has 1 saturated heterocycles. The lowest BCUT2D eigenvalue weighted by atomic mass is 10.2. The van der Waals surface area contributed by atoms with Gasteiger partial charge >= 0.3 is 0 Å². The van der Waals surface area contributed by atoms with Gasteiger partial charge in [-0.3, -0.25) is 4.90 Å². The maximum atomic E-state index is 5.62. The molecule has 0 aromatic carbocycles. The molecule has 0 saturated carbocycles. The fourth-order valence-electron chi connectivity index (χ4n) is 2.41. The topological polar surface area (TPSA) is 24.9 Å². The van der Waals surface area contributed by atoms with Gasteiger partial charge in [-0.1, -0.05) is 0 Å². The Morgan fingerprint density at radius 1 is 1.18 bits per heavy atom. The summed E-state index contributed by atoms with van der Waals surface area (Å²) in [6, 6.07) is 0.575. The van der Waals surface area contributed by atoms with Crippen molar-refractivity contribution in [1.29, 1.82) is 0 Å². The molecule has 4 nitrogen and oxygen atoms in total. The number of rotatable bonds is 6. The second-order valence-electron chi connectivity index (χ2n) is 4.80. The Bertz CT molecular complexity index is 196. The van der Waals surface area contributed by atoms with E-state index < -0.39 is 0 Å². The molecular weight excluding hydrogens is 216 g/mol. The van der Waals surface area contributed by atoms with E-state index in [2.05, 4.69) is 23.8 Å². The number of hydrogen-bond acceptors (Lipinski definition) is 4. The summed E-state index contributed by atoms with van der Waals surface area (Å²) in [6.45, 7) is 12.1. The molecular formula is C13H28N2O2. The monoisotopic (exact) mass is 244 g/mol. The van der Waals surface area contributed by atoms with Crippen LogP contribution in [0.15, 0.2) is 0 Å². The van der Waals surface area contributed by atoms with Crippen LogP contribution in [0, 0.1) is 0 Å². The molecule has 0 aliphatic carbocycles. The summed E-state index contributed by atoms with van der Waals surface area (Å²) in [5.41, 5.74) is 0. The van der Waals surface area contributed by atoms with Gasteiger partial charge in [0.15, 0.2) is 6.29 Å². The molecule has 1 aliphatic rings. The van der Waals surface area contributed by atoms with E-state index in [-0.39, 0.29) is 6.29 Å². The lowest BCUT2D eigenvalue weighted by Gasteiger charge is -2.31. The highest BCUT2D eigenvalue weighted by atomic mass is 16.7. The smallest absolute Gasteiger partial charge is 0.170 e. The summed E-state index contributed by atoms with van der Waals surface area (Å²) in [6.07, 6.45) is 1.15. The van der Waals surface area contributed by atoms with Gasteiger partial charge in [-0.05, 0) is 47.3 Å². The molecule has 0 amide bonds. The highest BCUT2D eigenvalue weighted by Gasteiger charge is 2.22. The zero-order valence-electron chi connectivity index (χ0n) is 11.8. The van der Waals surface area contributed by atoms with Crippen LogP contribution in [0.5, 0.6) is 0 Å². The summed E-state index contributed by atoms with van der Waals surface area (Å²) in [5.74, 6) is 0. The lowest BCUT2D eigenvalue weighted by molar-refractivity contribution is -0.149. The molecule has 1 rings (SSSR count). The predicted octanol–water partition coefficient (Wildman–Crippen LogP) is 1.41. The van der Waals surface area contributed by atoms with Crippen molar-refractivity contribution in [3.05, 3.63) is 0 Å². The first-order chi connectivity index (χ1) is 8.17. The van der Waals surface area contributed by atoms with Crippen LogP contribution in [0.3, 0.4) is 0 Å². The molecule has 1 heterocycles. The Labute approximate surface area is 106 Å². The van der Waals surface area contributed by atoms with Gasteiger partial charge < -0.3 is 14.4 Å². The average Bonchev–Trinajstić information content (AvgIpc) is 2.42. The summed E-state index contributed by atoms with van der Waals surface area (Å²) < 4.78 is 11.2. The lowest BCUT2D eigenvalue weighted by Crippen LogP contribution is -2.43. The van der Waals surface area contributed by atoms with Crippen molar-refractivity contribution >= 4 is 0 Å². The van der Waals surface area contributed by atoms with Crippen molar-refractivity contribution in [2.45, 2.75) is 39.5 Å². The van der Waals surface area contributed by atoms with E-state index in [9.17, 15) is 0 Å². The van der Waals surface area contributed by atoms with Crippen molar-refractivity contribution < 1.29 is 9.47 Å².